The third-order valence-electron chi connectivity index (χ3n) is 16.3. The number of benzene rings is 6. The summed E-state index contributed by atoms with van der Waals surface area (Å²) in [5.74, 6) is 0. The van der Waals surface area contributed by atoms with Crippen molar-refractivity contribution in [3.8, 4) is 0 Å². The average molecular weight is 890 g/mol. The van der Waals surface area contributed by atoms with E-state index < -0.39 is 16.1 Å². The molecule has 3 nitrogen and oxygen atoms in total. The summed E-state index contributed by atoms with van der Waals surface area (Å²) < 4.78 is 0. The summed E-state index contributed by atoms with van der Waals surface area (Å²) >= 11 is 0. The molecule has 3 aliphatic heterocycles. The maximum Gasteiger partial charge on any atom is 0.252 e. The minimum atomic E-state index is -1.53. The SMILES string of the molecule is Cc1cc2c3c(c1)C1(C)CCCCC1(C)N3c1cc(N(c3ccc([Si](C)(C)C)cc3)c3ccc([Si](C)(C)C)cc3)cc3c1B2c1cc(C(C)(C)C)ccc1N3c1ccc(C(C)(C)C)cc1. The van der Waals surface area contributed by atoms with Crippen LogP contribution in [0.15, 0.2) is 115 Å². The summed E-state index contributed by atoms with van der Waals surface area (Å²) in [6, 6.07) is 46.5. The van der Waals surface area contributed by atoms with Gasteiger partial charge in [0.1, 0.15) is 0 Å². The van der Waals surface area contributed by atoms with Gasteiger partial charge in [-0.05, 0) is 125 Å². The van der Waals surface area contributed by atoms with Crippen LogP contribution in [-0.4, -0.2) is 28.4 Å². The molecule has 1 saturated carbocycles. The molecule has 4 aliphatic rings. The van der Waals surface area contributed by atoms with Gasteiger partial charge >= 0.3 is 0 Å². The van der Waals surface area contributed by atoms with E-state index >= 15 is 0 Å². The van der Waals surface area contributed by atoms with Crippen LogP contribution in [0.2, 0.25) is 39.3 Å². The molecule has 0 spiro atoms. The normalized spacial score (nSPS) is 20.0. The Morgan fingerprint density at radius 1 is 0.554 bits per heavy atom. The summed E-state index contributed by atoms with van der Waals surface area (Å²) in [7, 11) is -3.06. The molecule has 3 heterocycles. The van der Waals surface area contributed by atoms with Crippen molar-refractivity contribution in [1.82, 2.24) is 0 Å². The van der Waals surface area contributed by atoms with Crippen LogP contribution in [0.5, 0.6) is 0 Å². The van der Waals surface area contributed by atoms with Crippen LogP contribution >= 0.6 is 0 Å². The number of anilines is 8. The van der Waals surface area contributed by atoms with E-state index in [4.69, 9.17) is 0 Å². The lowest BCUT2D eigenvalue weighted by atomic mass is 9.33. The van der Waals surface area contributed by atoms with Gasteiger partial charge in [0, 0.05) is 45.2 Å². The zero-order valence-corrected chi connectivity index (χ0v) is 44.2. The van der Waals surface area contributed by atoms with Crippen LogP contribution in [-0.2, 0) is 16.2 Å². The van der Waals surface area contributed by atoms with Gasteiger partial charge in [0.15, 0.2) is 0 Å². The first kappa shape index (κ1) is 44.1. The van der Waals surface area contributed by atoms with Gasteiger partial charge in [-0.15, -0.1) is 0 Å². The third-order valence-corrected chi connectivity index (χ3v) is 20.4. The monoisotopic (exact) mass is 890 g/mol. The molecule has 6 aromatic carbocycles. The standard InChI is InChI=1S/C59H72BN3Si2/c1-39-34-48-55-50(35-39)60-49-36-41(57(5,6)7)20-31-51(49)62(44-21-18-40(19-22-44)56(2,3)4)52-37-45(38-53(54(52)60)63(55)59(9)33-17-16-32-58(48,59)8)61(42-23-27-46(28-24-42)64(10,11)12)43-25-29-47(30-26-43)65(13,14)15/h18-31,34-38H,16-17,32-33H2,1-15H3. The number of hydrogen-bond donors (Lipinski definition) is 0. The van der Waals surface area contributed by atoms with E-state index in [1.54, 1.807) is 5.56 Å². The minimum absolute atomic E-state index is 0.00287. The Balaban J connectivity index is 1.32. The average Bonchev–Trinajstić information content (AvgIpc) is 3.44. The van der Waals surface area contributed by atoms with E-state index in [2.05, 4.69) is 232 Å². The molecule has 0 aromatic heterocycles. The van der Waals surface area contributed by atoms with E-state index in [-0.39, 0.29) is 28.5 Å². The van der Waals surface area contributed by atoms with Crippen LogP contribution in [0.4, 0.5) is 45.5 Å². The summed E-state index contributed by atoms with van der Waals surface area (Å²) in [6.07, 6.45) is 4.90. The van der Waals surface area contributed by atoms with Gasteiger partial charge < -0.3 is 14.7 Å². The van der Waals surface area contributed by atoms with Gasteiger partial charge in [-0.25, -0.2) is 0 Å². The van der Waals surface area contributed by atoms with E-state index in [0.29, 0.717) is 0 Å². The second kappa shape index (κ2) is 14.6. The molecule has 2 unspecified atom stereocenters. The Kier molecular flexibility index (Phi) is 9.91. The van der Waals surface area contributed by atoms with Gasteiger partial charge in [-0.1, -0.05) is 177 Å². The molecule has 6 heteroatoms. The fraction of sp³-hybridized carbons (Fsp3) is 0.390. The van der Waals surface area contributed by atoms with E-state index in [1.165, 1.54) is 115 Å². The summed E-state index contributed by atoms with van der Waals surface area (Å²) in [5.41, 5.74) is 20.2. The molecule has 1 fully saturated rings. The maximum atomic E-state index is 2.90. The van der Waals surface area contributed by atoms with Crippen molar-refractivity contribution >= 4 is 95.1 Å². The lowest BCUT2D eigenvalue weighted by molar-refractivity contribution is 0.195. The van der Waals surface area contributed by atoms with Crippen molar-refractivity contribution < 1.29 is 0 Å². The lowest BCUT2D eigenvalue weighted by Crippen LogP contribution is -2.64. The number of aryl methyl sites for hydroxylation is 1. The smallest absolute Gasteiger partial charge is 0.252 e. The topological polar surface area (TPSA) is 9.72 Å². The highest BCUT2D eigenvalue weighted by Crippen LogP contribution is 2.62. The fourth-order valence-electron chi connectivity index (χ4n) is 12.1. The Labute approximate surface area is 394 Å². The first-order valence-corrected chi connectivity index (χ1v) is 31.6. The van der Waals surface area contributed by atoms with Gasteiger partial charge in [0.05, 0.1) is 27.4 Å². The van der Waals surface area contributed by atoms with Crippen LogP contribution in [0, 0.1) is 6.92 Å². The molecule has 0 bridgehead atoms. The van der Waals surface area contributed by atoms with E-state index in [1.807, 2.05) is 0 Å². The molecular weight excluding hydrogens is 818 g/mol. The number of fused-ring (bicyclic) bond motifs is 7. The summed E-state index contributed by atoms with van der Waals surface area (Å²) in [4.78, 5) is 8.10. The van der Waals surface area contributed by atoms with Crippen molar-refractivity contribution in [3.05, 3.63) is 138 Å². The highest BCUT2D eigenvalue weighted by Gasteiger charge is 2.61. The van der Waals surface area contributed by atoms with E-state index in [9.17, 15) is 0 Å². The highest BCUT2D eigenvalue weighted by atomic mass is 28.3. The van der Waals surface area contributed by atoms with Gasteiger partial charge in [-0.3, -0.25) is 0 Å². The Morgan fingerprint density at radius 3 is 1.65 bits per heavy atom. The van der Waals surface area contributed by atoms with E-state index in [0.717, 1.165) is 0 Å². The molecule has 1 aliphatic carbocycles. The zero-order chi connectivity index (χ0) is 46.4. The second-order valence-electron chi connectivity index (χ2n) is 24.8. The van der Waals surface area contributed by atoms with Crippen LogP contribution in [0.25, 0.3) is 0 Å². The lowest BCUT2D eigenvalue weighted by Gasteiger charge is -2.53. The van der Waals surface area contributed by atoms with Gasteiger partial charge in [0.25, 0.3) is 6.71 Å². The summed E-state index contributed by atoms with van der Waals surface area (Å²) in [5, 5.41) is 2.96. The van der Waals surface area contributed by atoms with Crippen LogP contribution in [0.1, 0.15) is 103 Å². The molecule has 2 atom stereocenters. The first-order valence-electron chi connectivity index (χ1n) is 24.6. The van der Waals surface area contributed by atoms with Crippen molar-refractivity contribution in [2.24, 2.45) is 0 Å². The molecule has 6 aromatic rings. The predicted octanol–water partition coefficient (Wildman–Crippen LogP) is 13.5. The predicted molar refractivity (Wildman–Crippen MR) is 291 cm³/mol. The van der Waals surface area contributed by atoms with Crippen LogP contribution in [0.3, 0.4) is 0 Å². The summed E-state index contributed by atoms with van der Waals surface area (Å²) in [6.45, 7) is 36.4. The molecule has 334 valence electrons. The van der Waals surface area contributed by atoms with Crippen molar-refractivity contribution in [2.45, 2.75) is 149 Å². The highest BCUT2D eigenvalue weighted by molar-refractivity contribution is 7.00. The molecule has 0 amide bonds. The third kappa shape index (κ3) is 6.85. The molecule has 0 radical (unpaired) electrons. The Hall–Kier alpha value is -4.78. The van der Waals surface area contributed by atoms with Crippen molar-refractivity contribution in [3.63, 3.8) is 0 Å². The number of hydrogen-bond acceptors (Lipinski definition) is 3. The molecule has 65 heavy (non-hydrogen) atoms. The maximum absolute atomic E-state index is 2.90. The molecule has 0 N–H and O–H groups in total. The zero-order valence-electron chi connectivity index (χ0n) is 42.2. The van der Waals surface area contributed by atoms with Crippen LogP contribution < -0.4 is 41.5 Å². The second-order valence-corrected chi connectivity index (χ2v) is 35.0. The van der Waals surface area contributed by atoms with Gasteiger partial charge in [0.2, 0.25) is 0 Å². The van der Waals surface area contributed by atoms with Gasteiger partial charge in [-0.2, -0.15) is 0 Å². The molecule has 10 rings (SSSR count). The molecular formula is C59H72BN3Si2. The molecule has 0 saturated heterocycles. The van der Waals surface area contributed by atoms with Crippen molar-refractivity contribution in [2.75, 3.05) is 14.7 Å². The van der Waals surface area contributed by atoms with Crippen molar-refractivity contribution in [1.29, 1.82) is 0 Å². The largest absolute Gasteiger partial charge is 0.335 e. The Bertz CT molecular complexity index is 2800. The first-order chi connectivity index (χ1) is 30.4. The quantitative estimate of drug-likeness (QED) is 0.154. The fourth-order valence-corrected chi connectivity index (χ4v) is 14.5. The number of rotatable bonds is 6. The Morgan fingerprint density at radius 2 is 1.09 bits per heavy atom. The minimum Gasteiger partial charge on any atom is -0.335 e. The number of nitrogens with zero attached hydrogens (tertiary/aromatic N) is 3.